The van der Waals surface area contributed by atoms with Crippen molar-refractivity contribution in [1.29, 1.82) is 0 Å². The van der Waals surface area contributed by atoms with E-state index in [2.05, 4.69) is 4.99 Å². The molecule has 0 aromatic heterocycles. The molecule has 13 heteroatoms. The van der Waals surface area contributed by atoms with Crippen LogP contribution in [-0.2, 0) is 42.9 Å². The summed E-state index contributed by atoms with van der Waals surface area (Å²) in [5.41, 5.74) is 5.78. The maximum atomic E-state index is 11.8. The molecule has 2 aliphatic heterocycles. The standard InChI is InChI=1S/C16H20N2O9S2/c1-6(19)23-5-10-11(24-7(2)20)12(25-8(3)21)13(26-9(4)22)16(27-10)14(28)18-15(17)29-16/h10-13H,5H2,1-4H3,(H2,17,18,28)/t10-,11+,12+,13-,16-/m1/s1. The molecule has 0 bridgehead atoms. The molecule has 2 N–H and O–H groups in total. The van der Waals surface area contributed by atoms with Crippen LogP contribution in [0.3, 0.4) is 0 Å². The van der Waals surface area contributed by atoms with Gasteiger partial charge in [0.15, 0.2) is 28.5 Å². The lowest BCUT2D eigenvalue weighted by atomic mass is 9.93. The van der Waals surface area contributed by atoms with Crippen LogP contribution < -0.4 is 5.73 Å². The highest BCUT2D eigenvalue weighted by molar-refractivity contribution is 8.16. The first kappa shape index (κ1) is 23.0. The molecule has 1 saturated heterocycles. The number of carbonyl (C=O) groups is 4. The third-order valence-corrected chi connectivity index (χ3v) is 5.45. The lowest BCUT2D eigenvalue weighted by Crippen LogP contribution is -2.68. The summed E-state index contributed by atoms with van der Waals surface area (Å²) >= 11 is 6.13. The maximum Gasteiger partial charge on any atom is 0.303 e. The molecule has 160 valence electrons. The average Bonchev–Trinajstić information content (AvgIpc) is 2.85. The zero-order valence-electron chi connectivity index (χ0n) is 16.0. The van der Waals surface area contributed by atoms with Gasteiger partial charge in [0.2, 0.25) is 4.93 Å². The molecule has 0 saturated carbocycles. The largest absolute Gasteiger partial charge is 0.463 e. The summed E-state index contributed by atoms with van der Waals surface area (Å²) in [5, 5.41) is 0.0332. The van der Waals surface area contributed by atoms with Crippen LogP contribution in [0.5, 0.6) is 0 Å². The summed E-state index contributed by atoms with van der Waals surface area (Å²) < 4.78 is 27.0. The minimum absolute atomic E-state index is 0.0332. The Morgan fingerprint density at radius 1 is 1.03 bits per heavy atom. The Morgan fingerprint density at radius 2 is 1.59 bits per heavy atom. The Balaban J connectivity index is 2.55. The fraction of sp³-hybridized carbons (Fsp3) is 0.625. The van der Waals surface area contributed by atoms with Crippen molar-refractivity contribution in [2.75, 3.05) is 6.61 Å². The van der Waals surface area contributed by atoms with Gasteiger partial charge < -0.3 is 29.4 Å². The summed E-state index contributed by atoms with van der Waals surface area (Å²) in [7, 11) is 0. The fourth-order valence-corrected chi connectivity index (χ4v) is 4.42. The predicted octanol–water partition coefficient (Wildman–Crippen LogP) is -0.171. The third-order valence-electron chi connectivity index (χ3n) is 3.80. The summed E-state index contributed by atoms with van der Waals surface area (Å²) in [4.78, 5) is 48.8. The molecule has 2 heterocycles. The van der Waals surface area contributed by atoms with Gasteiger partial charge in [-0.25, -0.2) is 4.99 Å². The smallest absolute Gasteiger partial charge is 0.303 e. The van der Waals surface area contributed by atoms with Crippen LogP contribution in [-0.4, -0.2) is 70.0 Å². The number of thiocarbonyl (C=S) groups is 1. The molecule has 0 aromatic carbocycles. The molecule has 0 aromatic rings. The van der Waals surface area contributed by atoms with Gasteiger partial charge in [-0.05, 0) is 11.8 Å². The van der Waals surface area contributed by atoms with Crippen molar-refractivity contribution in [3.8, 4) is 0 Å². The van der Waals surface area contributed by atoms with Crippen molar-refractivity contribution in [2.45, 2.75) is 57.0 Å². The molecule has 0 radical (unpaired) electrons. The third kappa shape index (κ3) is 5.22. The van der Waals surface area contributed by atoms with Gasteiger partial charge in [0, 0.05) is 27.7 Å². The van der Waals surface area contributed by atoms with Crippen LogP contribution in [0.4, 0.5) is 0 Å². The second-order valence-electron chi connectivity index (χ2n) is 6.16. The lowest BCUT2D eigenvalue weighted by molar-refractivity contribution is -0.247. The van der Waals surface area contributed by atoms with E-state index in [-0.39, 0.29) is 16.8 Å². The van der Waals surface area contributed by atoms with Gasteiger partial charge in [0.25, 0.3) is 0 Å². The number of rotatable bonds is 5. The molecular formula is C16H20N2O9S2. The first-order chi connectivity index (χ1) is 13.5. The Labute approximate surface area is 175 Å². The summed E-state index contributed by atoms with van der Waals surface area (Å²) in [6.45, 7) is 4.22. The number of esters is 4. The fourth-order valence-electron chi connectivity index (χ4n) is 2.92. The van der Waals surface area contributed by atoms with E-state index in [1.165, 1.54) is 6.92 Å². The van der Waals surface area contributed by atoms with Crippen LogP contribution in [0.2, 0.25) is 0 Å². The average molecular weight is 448 g/mol. The van der Waals surface area contributed by atoms with E-state index in [1.807, 2.05) is 0 Å². The van der Waals surface area contributed by atoms with Gasteiger partial charge in [0.1, 0.15) is 12.7 Å². The summed E-state index contributed by atoms with van der Waals surface area (Å²) in [5.74, 6) is -2.81. The molecule has 2 rings (SSSR count). The van der Waals surface area contributed by atoms with E-state index >= 15 is 0 Å². The highest BCUT2D eigenvalue weighted by Crippen LogP contribution is 2.47. The topological polar surface area (TPSA) is 153 Å². The van der Waals surface area contributed by atoms with Crippen molar-refractivity contribution < 1.29 is 42.9 Å². The second kappa shape index (κ2) is 9.05. The molecule has 29 heavy (non-hydrogen) atoms. The van der Waals surface area contributed by atoms with Crippen LogP contribution in [0.1, 0.15) is 27.7 Å². The first-order valence-corrected chi connectivity index (χ1v) is 9.59. The van der Waals surface area contributed by atoms with Crippen molar-refractivity contribution >= 4 is 58.0 Å². The molecule has 2 aliphatic rings. The van der Waals surface area contributed by atoms with E-state index in [0.29, 0.717) is 0 Å². The van der Waals surface area contributed by atoms with Crippen molar-refractivity contribution in [1.82, 2.24) is 0 Å². The van der Waals surface area contributed by atoms with Crippen LogP contribution in [0.15, 0.2) is 4.99 Å². The summed E-state index contributed by atoms with van der Waals surface area (Å²) in [6, 6.07) is 0. The number of hydrogen-bond donors (Lipinski definition) is 1. The highest BCUT2D eigenvalue weighted by atomic mass is 32.2. The minimum atomic E-state index is -1.65. The number of ether oxygens (including phenoxy) is 5. The minimum Gasteiger partial charge on any atom is -0.463 e. The summed E-state index contributed by atoms with van der Waals surface area (Å²) in [6.07, 6.45) is -5.06. The molecule has 0 aliphatic carbocycles. The zero-order chi connectivity index (χ0) is 21.9. The van der Waals surface area contributed by atoms with Crippen molar-refractivity contribution in [2.24, 2.45) is 10.7 Å². The maximum absolute atomic E-state index is 11.8. The number of hydrogen-bond acceptors (Lipinski definition) is 12. The SMILES string of the molecule is CC(=O)OC[C@H]1O[C@@]2(SC(N)=NC2=S)[C@H](OC(C)=O)[C@@H](OC(C)=O)[C@H]1OC(C)=O. The monoisotopic (exact) mass is 448 g/mol. The number of aliphatic imine (C=N–C) groups is 1. The lowest BCUT2D eigenvalue weighted by Gasteiger charge is -2.48. The Bertz CT molecular complexity index is 771. The van der Waals surface area contributed by atoms with Gasteiger partial charge in [-0.1, -0.05) is 12.2 Å². The van der Waals surface area contributed by atoms with Gasteiger partial charge in [-0.3, -0.25) is 19.2 Å². The number of thioether (sulfide) groups is 1. The van der Waals surface area contributed by atoms with E-state index in [0.717, 1.165) is 32.5 Å². The molecule has 5 atom stereocenters. The van der Waals surface area contributed by atoms with Gasteiger partial charge in [-0.15, -0.1) is 0 Å². The Hall–Kier alpha value is -2.25. The first-order valence-electron chi connectivity index (χ1n) is 8.36. The predicted molar refractivity (Wildman–Crippen MR) is 103 cm³/mol. The van der Waals surface area contributed by atoms with E-state index in [4.69, 9.17) is 41.6 Å². The normalized spacial score (nSPS) is 31.0. The number of nitrogens with zero attached hydrogens (tertiary/aromatic N) is 1. The zero-order valence-corrected chi connectivity index (χ0v) is 17.7. The molecule has 0 unspecified atom stereocenters. The van der Waals surface area contributed by atoms with Crippen LogP contribution >= 0.6 is 24.0 Å². The number of amidine groups is 1. The van der Waals surface area contributed by atoms with E-state index in [1.54, 1.807) is 0 Å². The molecule has 1 fully saturated rings. The molecule has 0 amide bonds. The molecular weight excluding hydrogens is 428 g/mol. The molecule has 1 spiro atoms. The Kier molecular flexibility index (Phi) is 7.19. The van der Waals surface area contributed by atoms with E-state index < -0.39 is 53.2 Å². The van der Waals surface area contributed by atoms with Crippen LogP contribution in [0, 0.1) is 0 Å². The number of carbonyl (C=O) groups excluding carboxylic acids is 4. The van der Waals surface area contributed by atoms with Gasteiger partial charge >= 0.3 is 23.9 Å². The molecule has 11 nitrogen and oxygen atoms in total. The van der Waals surface area contributed by atoms with Gasteiger partial charge in [0.05, 0.1) is 0 Å². The Morgan fingerprint density at radius 3 is 2.03 bits per heavy atom. The van der Waals surface area contributed by atoms with E-state index in [9.17, 15) is 19.2 Å². The number of nitrogens with two attached hydrogens (primary N) is 1. The quantitative estimate of drug-likeness (QED) is 0.337. The van der Waals surface area contributed by atoms with Crippen molar-refractivity contribution in [3.05, 3.63) is 0 Å². The van der Waals surface area contributed by atoms with Gasteiger partial charge in [-0.2, -0.15) is 0 Å². The van der Waals surface area contributed by atoms with Crippen molar-refractivity contribution in [3.63, 3.8) is 0 Å². The van der Waals surface area contributed by atoms with Crippen LogP contribution in [0.25, 0.3) is 0 Å². The second-order valence-corrected chi connectivity index (χ2v) is 7.78. The highest BCUT2D eigenvalue weighted by Gasteiger charge is 2.64.